The zero-order valence-electron chi connectivity index (χ0n) is 11.1. The van der Waals surface area contributed by atoms with Crippen LogP contribution in [0.25, 0.3) is 0 Å². The van der Waals surface area contributed by atoms with Crippen molar-refractivity contribution in [1.29, 1.82) is 0 Å². The van der Waals surface area contributed by atoms with Crippen LogP contribution in [0.2, 0.25) is 0 Å². The SMILES string of the molecule is C=CCN1CCCC(CC(=O)c2ccc(F)cc2)C1. The lowest BCUT2D eigenvalue weighted by molar-refractivity contribution is 0.0924. The van der Waals surface area contributed by atoms with E-state index in [1.54, 1.807) is 12.1 Å². The molecular weight excluding hydrogens is 241 g/mol. The van der Waals surface area contributed by atoms with Crippen LogP contribution in [0.3, 0.4) is 0 Å². The van der Waals surface area contributed by atoms with Gasteiger partial charge in [-0.25, -0.2) is 4.39 Å². The average molecular weight is 261 g/mol. The lowest BCUT2D eigenvalue weighted by Gasteiger charge is -2.31. The number of likely N-dealkylation sites (tertiary alicyclic amines) is 1. The summed E-state index contributed by atoms with van der Waals surface area (Å²) in [4.78, 5) is 14.5. The van der Waals surface area contributed by atoms with Gasteiger partial charge in [0.2, 0.25) is 0 Å². The van der Waals surface area contributed by atoms with Crippen molar-refractivity contribution in [3.8, 4) is 0 Å². The van der Waals surface area contributed by atoms with Gasteiger partial charge in [-0.05, 0) is 49.6 Å². The third-order valence-corrected chi connectivity index (χ3v) is 3.63. The molecule has 0 N–H and O–H groups in total. The Bertz CT molecular complexity index is 441. The van der Waals surface area contributed by atoms with Gasteiger partial charge in [-0.2, -0.15) is 0 Å². The summed E-state index contributed by atoms with van der Waals surface area (Å²) in [7, 11) is 0. The number of ketones is 1. The largest absolute Gasteiger partial charge is 0.299 e. The van der Waals surface area contributed by atoms with E-state index in [2.05, 4.69) is 11.5 Å². The molecule has 1 saturated heterocycles. The monoisotopic (exact) mass is 261 g/mol. The molecule has 2 nitrogen and oxygen atoms in total. The zero-order valence-corrected chi connectivity index (χ0v) is 11.1. The number of halogens is 1. The van der Waals surface area contributed by atoms with Crippen molar-refractivity contribution in [1.82, 2.24) is 4.90 Å². The first kappa shape index (κ1) is 13.9. The van der Waals surface area contributed by atoms with E-state index in [-0.39, 0.29) is 11.6 Å². The number of Topliss-reactive ketones (excluding diaryl/α,β-unsaturated/α-hetero) is 1. The summed E-state index contributed by atoms with van der Waals surface area (Å²) in [6.07, 6.45) is 4.69. The van der Waals surface area contributed by atoms with Gasteiger partial charge in [-0.3, -0.25) is 9.69 Å². The predicted octanol–water partition coefficient (Wildman–Crippen LogP) is 3.30. The number of carbonyl (C=O) groups excluding carboxylic acids is 1. The van der Waals surface area contributed by atoms with Gasteiger partial charge in [0.15, 0.2) is 5.78 Å². The molecule has 1 aromatic carbocycles. The Morgan fingerprint density at radius 3 is 2.84 bits per heavy atom. The second kappa shape index (κ2) is 6.62. The highest BCUT2D eigenvalue weighted by Gasteiger charge is 2.21. The van der Waals surface area contributed by atoms with Crippen LogP contribution in [0.4, 0.5) is 4.39 Å². The van der Waals surface area contributed by atoms with Crippen LogP contribution in [0, 0.1) is 11.7 Å². The minimum Gasteiger partial charge on any atom is -0.299 e. The fourth-order valence-corrected chi connectivity index (χ4v) is 2.68. The molecule has 19 heavy (non-hydrogen) atoms. The summed E-state index contributed by atoms with van der Waals surface area (Å²) in [5.74, 6) is 0.225. The van der Waals surface area contributed by atoms with Crippen LogP contribution in [0.1, 0.15) is 29.6 Å². The van der Waals surface area contributed by atoms with E-state index in [0.717, 1.165) is 32.5 Å². The van der Waals surface area contributed by atoms with Gasteiger partial charge in [0.1, 0.15) is 5.82 Å². The summed E-state index contributed by atoms with van der Waals surface area (Å²) in [5, 5.41) is 0. The van der Waals surface area contributed by atoms with E-state index in [1.165, 1.54) is 12.1 Å². The molecule has 1 aliphatic heterocycles. The van der Waals surface area contributed by atoms with Gasteiger partial charge >= 0.3 is 0 Å². The highest BCUT2D eigenvalue weighted by Crippen LogP contribution is 2.21. The standard InChI is InChI=1S/C16H20FNO/c1-2-9-18-10-3-4-13(12-18)11-16(19)14-5-7-15(17)8-6-14/h2,5-8,13H,1,3-4,9-12H2. The van der Waals surface area contributed by atoms with Crippen LogP contribution in [0.15, 0.2) is 36.9 Å². The van der Waals surface area contributed by atoms with Crippen molar-refractivity contribution in [2.75, 3.05) is 19.6 Å². The molecule has 102 valence electrons. The Kier molecular flexibility index (Phi) is 4.86. The molecule has 1 aromatic rings. The molecule has 0 aliphatic carbocycles. The molecule has 0 saturated carbocycles. The van der Waals surface area contributed by atoms with E-state index in [1.807, 2.05) is 6.08 Å². The molecule has 0 radical (unpaired) electrons. The third kappa shape index (κ3) is 4.00. The molecule has 3 heteroatoms. The number of rotatable bonds is 5. The smallest absolute Gasteiger partial charge is 0.163 e. The van der Waals surface area contributed by atoms with Crippen LogP contribution in [-0.4, -0.2) is 30.3 Å². The summed E-state index contributed by atoms with van der Waals surface area (Å²) in [6.45, 7) is 6.69. The molecule has 1 fully saturated rings. The second-order valence-corrected chi connectivity index (χ2v) is 5.19. The first-order valence-electron chi connectivity index (χ1n) is 6.81. The molecule has 1 aliphatic rings. The summed E-state index contributed by atoms with van der Waals surface area (Å²) in [5.41, 5.74) is 0.613. The number of benzene rings is 1. The number of nitrogens with zero attached hydrogens (tertiary/aromatic N) is 1. The van der Waals surface area contributed by atoms with Crippen molar-refractivity contribution in [3.63, 3.8) is 0 Å². The molecule has 0 amide bonds. The minimum atomic E-state index is -0.300. The Labute approximate surface area is 113 Å². The third-order valence-electron chi connectivity index (χ3n) is 3.63. The fraction of sp³-hybridized carbons (Fsp3) is 0.438. The van der Waals surface area contributed by atoms with E-state index in [9.17, 15) is 9.18 Å². The van der Waals surface area contributed by atoms with Gasteiger partial charge in [0.05, 0.1) is 0 Å². The van der Waals surface area contributed by atoms with Crippen molar-refractivity contribution in [2.24, 2.45) is 5.92 Å². The second-order valence-electron chi connectivity index (χ2n) is 5.19. The topological polar surface area (TPSA) is 20.3 Å². The first-order valence-corrected chi connectivity index (χ1v) is 6.81. The highest BCUT2D eigenvalue weighted by molar-refractivity contribution is 5.96. The van der Waals surface area contributed by atoms with Gasteiger partial charge in [-0.1, -0.05) is 6.08 Å². The van der Waals surface area contributed by atoms with Crippen molar-refractivity contribution < 1.29 is 9.18 Å². The zero-order chi connectivity index (χ0) is 13.7. The Morgan fingerprint density at radius 1 is 1.42 bits per heavy atom. The maximum Gasteiger partial charge on any atom is 0.163 e. The van der Waals surface area contributed by atoms with Gasteiger partial charge in [0.25, 0.3) is 0 Å². The molecule has 0 spiro atoms. The van der Waals surface area contributed by atoms with E-state index in [0.29, 0.717) is 17.9 Å². The Balaban J connectivity index is 1.91. The van der Waals surface area contributed by atoms with E-state index in [4.69, 9.17) is 0 Å². The molecule has 0 aromatic heterocycles. The molecular formula is C16H20FNO. The lowest BCUT2D eigenvalue weighted by atomic mass is 9.91. The molecule has 2 rings (SSSR count). The summed E-state index contributed by atoms with van der Waals surface area (Å²) >= 11 is 0. The summed E-state index contributed by atoms with van der Waals surface area (Å²) < 4.78 is 12.8. The van der Waals surface area contributed by atoms with Crippen LogP contribution in [-0.2, 0) is 0 Å². The average Bonchev–Trinajstić information content (AvgIpc) is 2.40. The van der Waals surface area contributed by atoms with Crippen molar-refractivity contribution in [2.45, 2.75) is 19.3 Å². The van der Waals surface area contributed by atoms with Crippen molar-refractivity contribution >= 4 is 5.78 Å². The van der Waals surface area contributed by atoms with Gasteiger partial charge in [-0.15, -0.1) is 6.58 Å². The maximum absolute atomic E-state index is 12.8. The Hall–Kier alpha value is -1.48. The summed E-state index contributed by atoms with van der Waals surface area (Å²) in [6, 6.07) is 5.83. The fourth-order valence-electron chi connectivity index (χ4n) is 2.68. The quantitative estimate of drug-likeness (QED) is 0.599. The number of hydrogen-bond acceptors (Lipinski definition) is 2. The van der Waals surface area contributed by atoms with Crippen LogP contribution in [0.5, 0.6) is 0 Å². The molecule has 1 unspecified atom stereocenters. The lowest BCUT2D eigenvalue weighted by Crippen LogP contribution is -2.36. The minimum absolute atomic E-state index is 0.116. The first-order chi connectivity index (χ1) is 9.19. The Morgan fingerprint density at radius 2 is 2.16 bits per heavy atom. The predicted molar refractivity (Wildman–Crippen MR) is 74.7 cm³/mol. The molecule has 0 bridgehead atoms. The van der Waals surface area contributed by atoms with E-state index < -0.39 is 0 Å². The maximum atomic E-state index is 12.8. The molecule has 1 atom stereocenters. The van der Waals surface area contributed by atoms with Gasteiger partial charge in [0, 0.05) is 25.1 Å². The number of piperidine rings is 1. The van der Waals surface area contributed by atoms with Crippen LogP contribution < -0.4 is 0 Å². The normalized spacial score (nSPS) is 20.2. The number of hydrogen-bond donors (Lipinski definition) is 0. The number of carbonyl (C=O) groups is 1. The van der Waals surface area contributed by atoms with Crippen LogP contribution >= 0.6 is 0 Å². The molecule has 1 heterocycles. The van der Waals surface area contributed by atoms with E-state index >= 15 is 0 Å². The highest BCUT2D eigenvalue weighted by atomic mass is 19.1. The van der Waals surface area contributed by atoms with Gasteiger partial charge < -0.3 is 0 Å². The van der Waals surface area contributed by atoms with Crippen molar-refractivity contribution in [3.05, 3.63) is 48.3 Å².